The number of benzene rings is 2. The maximum absolute atomic E-state index is 14.1. The molecule has 0 aromatic heterocycles. The van der Waals surface area contributed by atoms with Gasteiger partial charge in [-0.25, -0.2) is 13.6 Å². The molecule has 5 nitrogen and oxygen atoms in total. The number of rotatable bonds is 4. The highest BCUT2D eigenvalue weighted by Crippen LogP contribution is 2.31. The van der Waals surface area contributed by atoms with Gasteiger partial charge < -0.3 is 5.32 Å². The summed E-state index contributed by atoms with van der Waals surface area (Å²) in [5.41, 5.74) is -1.52. The summed E-state index contributed by atoms with van der Waals surface area (Å²) in [4.78, 5) is 37.8. The SMILES string of the molecule is C[C@@]1(c2ccc(F)cc2F)NC(=O)N(CC(=O)c2ccccc2)C1=O. The lowest BCUT2D eigenvalue weighted by molar-refractivity contribution is -0.130. The lowest BCUT2D eigenvalue weighted by Gasteiger charge is -2.22. The third-order valence-corrected chi connectivity index (χ3v) is 4.14. The molecule has 1 aliphatic rings. The molecule has 25 heavy (non-hydrogen) atoms. The van der Waals surface area contributed by atoms with Gasteiger partial charge in [-0.3, -0.25) is 14.5 Å². The molecule has 2 aromatic carbocycles. The van der Waals surface area contributed by atoms with Crippen LogP contribution in [-0.4, -0.2) is 29.2 Å². The molecule has 3 rings (SSSR count). The first-order chi connectivity index (χ1) is 11.8. The molecule has 0 bridgehead atoms. The van der Waals surface area contributed by atoms with Crippen LogP contribution in [0.1, 0.15) is 22.8 Å². The zero-order valence-electron chi connectivity index (χ0n) is 13.3. The number of nitrogens with one attached hydrogen (secondary N) is 1. The third kappa shape index (κ3) is 2.88. The highest BCUT2D eigenvalue weighted by molar-refractivity contribution is 6.11. The Kier molecular flexibility index (Phi) is 4.08. The summed E-state index contributed by atoms with van der Waals surface area (Å²) in [6.07, 6.45) is 0. The second kappa shape index (κ2) is 6.08. The molecule has 0 saturated carbocycles. The van der Waals surface area contributed by atoms with Crippen molar-refractivity contribution < 1.29 is 23.2 Å². The number of carbonyl (C=O) groups excluding carboxylic acids is 3. The van der Waals surface area contributed by atoms with Gasteiger partial charge in [0.1, 0.15) is 17.2 Å². The number of ketones is 1. The molecule has 0 radical (unpaired) electrons. The molecule has 1 saturated heterocycles. The van der Waals surface area contributed by atoms with Crippen LogP contribution < -0.4 is 5.32 Å². The normalized spacial score (nSPS) is 19.9. The van der Waals surface area contributed by atoms with Crippen LogP contribution in [0.2, 0.25) is 0 Å². The van der Waals surface area contributed by atoms with Gasteiger partial charge in [-0.1, -0.05) is 36.4 Å². The van der Waals surface area contributed by atoms with Gasteiger partial charge in [-0.05, 0) is 13.0 Å². The van der Waals surface area contributed by atoms with Crippen molar-refractivity contribution in [3.05, 3.63) is 71.3 Å². The second-order valence-electron chi connectivity index (χ2n) is 5.86. The number of amides is 3. The fraction of sp³-hybridized carbons (Fsp3) is 0.167. The van der Waals surface area contributed by atoms with Crippen LogP contribution in [0.4, 0.5) is 13.6 Å². The van der Waals surface area contributed by atoms with Crippen LogP contribution in [0.3, 0.4) is 0 Å². The van der Waals surface area contributed by atoms with E-state index >= 15 is 0 Å². The minimum Gasteiger partial charge on any atom is -0.319 e. The topological polar surface area (TPSA) is 66.5 Å². The van der Waals surface area contributed by atoms with Crippen LogP contribution in [-0.2, 0) is 10.3 Å². The number of nitrogens with zero attached hydrogens (tertiary/aromatic N) is 1. The van der Waals surface area contributed by atoms with Gasteiger partial charge in [0.15, 0.2) is 5.78 Å². The van der Waals surface area contributed by atoms with Crippen molar-refractivity contribution in [2.75, 3.05) is 6.54 Å². The van der Waals surface area contributed by atoms with Crippen molar-refractivity contribution in [2.45, 2.75) is 12.5 Å². The Morgan fingerprint density at radius 1 is 1.12 bits per heavy atom. The molecule has 7 heteroatoms. The van der Waals surface area contributed by atoms with Gasteiger partial charge in [0.25, 0.3) is 5.91 Å². The molecule has 0 aliphatic carbocycles. The van der Waals surface area contributed by atoms with E-state index in [0.29, 0.717) is 11.6 Å². The second-order valence-corrected chi connectivity index (χ2v) is 5.86. The smallest absolute Gasteiger partial charge is 0.319 e. The number of imide groups is 1. The standard InChI is InChI=1S/C18H14F2N2O3/c1-18(13-8-7-12(19)9-14(13)20)16(24)22(17(25)21-18)10-15(23)11-5-3-2-4-6-11/h2-9H,10H2,1H3,(H,21,25)/t18-/m0/s1. The van der Waals surface area contributed by atoms with Crippen LogP contribution in [0, 0.1) is 11.6 Å². The molecule has 1 atom stereocenters. The molecule has 128 valence electrons. The van der Waals surface area contributed by atoms with E-state index in [-0.39, 0.29) is 5.56 Å². The van der Waals surface area contributed by atoms with Gasteiger partial charge in [0, 0.05) is 17.2 Å². The summed E-state index contributed by atoms with van der Waals surface area (Å²) in [5.74, 6) is -2.94. The summed E-state index contributed by atoms with van der Waals surface area (Å²) in [5, 5.41) is 2.39. The van der Waals surface area contributed by atoms with Crippen molar-refractivity contribution in [3.8, 4) is 0 Å². The van der Waals surface area contributed by atoms with Gasteiger partial charge in [0.05, 0.1) is 6.54 Å². The molecule has 0 unspecified atom stereocenters. The van der Waals surface area contributed by atoms with Crippen molar-refractivity contribution in [3.63, 3.8) is 0 Å². The lowest BCUT2D eigenvalue weighted by atomic mass is 9.91. The maximum Gasteiger partial charge on any atom is 0.325 e. The summed E-state index contributed by atoms with van der Waals surface area (Å²) < 4.78 is 27.2. The number of hydrogen-bond acceptors (Lipinski definition) is 3. The van der Waals surface area contributed by atoms with E-state index in [1.165, 1.54) is 6.92 Å². The molecular weight excluding hydrogens is 330 g/mol. The maximum atomic E-state index is 14.1. The summed E-state index contributed by atoms with van der Waals surface area (Å²) in [7, 11) is 0. The fourth-order valence-corrected chi connectivity index (χ4v) is 2.78. The minimum absolute atomic E-state index is 0.165. The van der Waals surface area contributed by atoms with Crippen LogP contribution in [0.25, 0.3) is 0 Å². The average Bonchev–Trinajstić information content (AvgIpc) is 2.79. The number of hydrogen-bond donors (Lipinski definition) is 1. The first-order valence-electron chi connectivity index (χ1n) is 7.51. The van der Waals surface area contributed by atoms with Crippen LogP contribution in [0.15, 0.2) is 48.5 Å². The van der Waals surface area contributed by atoms with E-state index in [0.717, 1.165) is 17.0 Å². The van der Waals surface area contributed by atoms with Gasteiger partial charge in [-0.2, -0.15) is 0 Å². The fourth-order valence-electron chi connectivity index (χ4n) is 2.78. The van der Waals surface area contributed by atoms with Gasteiger partial charge in [0.2, 0.25) is 0 Å². The largest absolute Gasteiger partial charge is 0.325 e. The van der Waals surface area contributed by atoms with Gasteiger partial charge in [-0.15, -0.1) is 0 Å². The third-order valence-electron chi connectivity index (χ3n) is 4.14. The molecule has 2 aromatic rings. The zero-order chi connectivity index (χ0) is 18.2. The number of Topliss-reactive ketones (excluding diaryl/α,β-unsaturated/α-hetero) is 1. The van der Waals surface area contributed by atoms with E-state index in [1.54, 1.807) is 30.3 Å². The van der Waals surface area contributed by atoms with E-state index in [1.807, 2.05) is 0 Å². The van der Waals surface area contributed by atoms with E-state index in [2.05, 4.69) is 5.32 Å². The zero-order valence-corrected chi connectivity index (χ0v) is 13.3. The Bertz CT molecular complexity index is 870. The summed E-state index contributed by atoms with van der Waals surface area (Å²) in [6, 6.07) is 10.1. The number of urea groups is 1. The average molecular weight is 344 g/mol. The lowest BCUT2D eigenvalue weighted by Crippen LogP contribution is -2.42. The van der Waals surface area contributed by atoms with Crippen molar-refractivity contribution in [1.82, 2.24) is 10.2 Å². The molecule has 1 aliphatic heterocycles. The number of carbonyl (C=O) groups is 3. The first-order valence-corrected chi connectivity index (χ1v) is 7.51. The van der Waals surface area contributed by atoms with E-state index in [4.69, 9.17) is 0 Å². The predicted molar refractivity (Wildman–Crippen MR) is 84.7 cm³/mol. The van der Waals surface area contributed by atoms with Crippen molar-refractivity contribution in [2.24, 2.45) is 0 Å². The Morgan fingerprint density at radius 2 is 1.80 bits per heavy atom. The van der Waals surface area contributed by atoms with Gasteiger partial charge >= 0.3 is 6.03 Å². The highest BCUT2D eigenvalue weighted by atomic mass is 19.1. The quantitative estimate of drug-likeness (QED) is 0.685. The summed E-state index contributed by atoms with van der Waals surface area (Å²) >= 11 is 0. The predicted octanol–water partition coefficient (Wildman–Crippen LogP) is 2.61. The Labute approximate surface area is 142 Å². The molecule has 3 amide bonds. The van der Waals surface area contributed by atoms with Crippen LogP contribution >= 0.6 is 0 Å². The first kappa shape index (κ1) is 16.8. The molecule has 1 N–H and O–H groups in total. The molecule has 0 spiro atoms. The minimum atomic E-state index is -1.70. The summed E-state index contributed by atoms with van der Waals surface area (Å²) in [6.45, 7) is 0.851. The molecular formula is C18H14F2N2O3. The molecule has 1 fully saturated rings. The molecule has 1 heterocycles. The highest BCUT2D eigenvalue weighted by Gasteiger charge is 2.50. The van der Waals surface area contributed by atoms with E-state index < -0.39 is 41.4 Å². The van der Waals surface area contributed by atoms with Crippen molar-refractivity contribution in [1.29, 1.82) is 0 Å². The van der Waals surface area contributed by atoms with Crippen LogP contribution in [0.5, 0.6) is 0 Å². The van der Waals surface area contributed by atoms with Crippen molar-refractivity contribution >= 4 is 17.7 Å². The number of halogens is 2. The Balaban J connectivity index is 1.88. The Hall–Kier alpha value is -3.09. The Morgan fingerprint density at radius 3 is 2.44 bits per heavy atom. The monoisotopic (exact) mass is 344 g/mol. The van der Waals surface area contributed by atoms with E-state index in [9.17, 15) is 23.2 Å².